The Labute approximate surface area is 106 Å². The number of nitrogens with one attached hydrogen (secondary N) is 1. The van der Waals surface area contributed by atoms with Crippen LogP contribution in [0.3, 0.4) is 0 Å². The second-order valence-corrected chi connectivity index (χ2v) is 4.22. The summed E-state index contributed by atoms with van der Waals surface area (Å²) in [6.45, 7) is 0.273. The van der Waals surface area contributed by atoms with Gasteiger partial charge in [0.15, 0.2) is 0 Å². The molecule has 0 fully saturated rings. The van der Waals surface area contributed by atoms with Crippen LogP contribution in [0.2, 0.25) is 0 Å². The largest absolute Gasteiger partial charge is 0.378 e. The Hall–Kier alpha value is -2.30. The summed E-state index contributed by atoms with van der Waals surface area (Å²) in [4.78, 5) is 17.6. The van der Waals surface area contributed by atoms with Gasteiger partial charge < -0.3 is 14.8 Å². The quantitative estimate of drug-likeness (QED) is 0.888. The topological polar surface area (TPSA) is 50.2 Å². The molecule has 5 nitrogen and oxygen atoms in total. The van der Waals surface area contributed by atoms with E-state index in [0.717, 1.165) is 11.4 Å². The first-order valence-electron chi connectivity index (χ1n) is 5.68. The number of amides is 1. The van der Waals surface area contributed by atoms with Crippen molar-refractivity contribution < 1.29 is 4.79 Å². The molecule has 0 radical (unpaired) electrons. The van der Waals surface area contributed by atoms with E-state index in [-0.39, 0.29) is 12.5 Å². The number of carbonyl (C=O) groups excluding carboxylic acids is 1. The van der Waals surface area contributed by atoms with Crippen LogP contribution >= 0.6 is 0 Å². The van der Waals surface area contributed by atoms with E-state index < -0.39 is 0 Å². The van der Waals surface area contributed by atoms with Crippen LogP contribution in [-0.4, -0.2) is 29.6 Å². The van der Waals surface area contributed by atoms with Crippen LogP contribution in [0.25, 0.3) is 0 Å². The minimum absolute atomic E-state index is 0.0643. The van der Waals surface area contributed by atoms with Crippen LogP contribution in [0.15, 0.2) is 43.0 Å². The summed E-state index contributed by atoms with van der Waals surface area (Å²) in [7, 11) is 3.96. The summed E-state index contributed by atoms with van der Waals surface area (Å²) in [6, 6.07) is 7.71. The molecule has 2 rings (SSSR count). The zero-order valence-electron chi connectivity index (χ0n) is 10.5. The van der Waals surface area contributed by atoms with Crippen LogP contribution in [-0.2, 0) is 11.3 Å². The maximum atomic E-state index is 11.7. The maximum Gasteiger partial charge on any atom is 0.244 e. The molecule has 94 valence electrons. The number of benzene rings is 1. The van der Waals surface area contributed by atoms with Crippen molar-refractivity contribution in [2.24, 2.45) is 0 Å². The Kier molecular flexibility index (Phi) is 3.62. The van der Waals surface area contributed by atoms with Crippen molar-refractivity contribution in [1.29, 1.82) is 0 Å². The van der Waals surface area contributed by atoms with Gasteiger partial charge >= 0.3 is 0 Å². The summed E-state index contributed by atoms with van der Waals surface area (Å²) in [6.07, 6.45) is 5.03. The van der Waals surface area contributed by atoms with E-state index in [1.54, 1.807) is 23.3 Å². The third kappa shape index (κ3) is 3.10. The second-order valence-electron chi connectivity index (χ2n) is 4.22. The van der Waals surface area contributed by atoms with Crippen molar-refractivity contribution in [2.45, 2.75) is 6.54 Å². The van der Waals surface area contributed by atoms with Gasteiger partial charge in [-0.2, -0.15) is 0 Å². The average Bonchev–Trinajstić information content (AvgIpc) is 2.82. The van der Waals surface area contributed by atoms with Gasteiger partial charge in [-0.1, -0.05) is 0 Å². The van der Waals surface area contributed by atoms with Crippen LogP contribution < -0.4 is 10.2 Å². The molecule has 0 aliphatic rings. The second kappa shape index (κ2) is 5.35. The molecule has 0 aliphatic heterocycles. The lowest BCUT2D eigenvalue weighted by molar-refractivity contribution is -0.116. The summed E-state index contributed by atoms with van der Waals surface area (Å²) in [5.41, 5.74) is 1.90. The molecule has 0 aliphatic carbocycles. The molecule has 18 heavy (non-hydrogen) atoms. The van der Waals surface area contributed by atoms with Crippen LogP contribution in [0.4, 0.5) is 11.4 Å². The summed E-state index contributed by atoms with van der Waals surface area (Å²) >= 11 is 0. The lowest BCUT2D eigenvalue weighted by Crippen LogP contribution is -2.18. The van der Waals surface area contributed by atoms with Crippen LogP contribution in [0, 0.1) is 0 Å². The third-order valence-corrected chi connectivity index (χ3v) is 2.55. The maximum absolute atomic E-state index is 11.7. The van der Waals surface area contributed by atoms with Gasteiger partial charge in [-0.3, -0.25) is 4.79 Å². The zero-order chi connectivity index (χ0) is 13.0. The fourth-order valence-electron chi connectivity index (χ4n) is 1.59. The number of nitrogens with zero attached hydrogens (tertiary/aromatic N) is 3. The molecule has 0 spiro atoms. The predicted octanol–water partition coefficient (Wildman–Crippen LogP) is 1.59. The highest BCUT2D eigenvalue weighted by Gasteiger charge is 2.03. The molecule has 1 N–H and O–H groups in total. The van der Waals surface area contributed by atoms with Gasteiger partial charge in [0.1, 0.15) is 6.54 Å². The number of imidazole rings is 1. The van der Waals surface area contributed by atoms with E-state index in [2.05, 4.69) is 10.3 Å². The first-order valence-corrected chi connectivity index (χ1v) is 5.68. The highest BCUT2D eigenvalue weighted by molar-refractivity contribution is 5.90. The number of hydrogen-bond acceptors (Lipinski definition) is 3. The molecule has 0 atom stereocenters. The van der Waals surface area contributed by atoms with Gasteiger partial charge in [0.05, 0.1) is 6.33 Å². The monoisotopic (exact) mass is 244 g/mol. The Morgan fingerprint density at radius 3 is 2.61 bits per heavy atom. The first-order chi connectivity index (χ1) is 8.65. The highest BCUT2D eigenvalue weighted by atomic mass is 16.1. The minimum atomic E-state index is -0.0643. The van der Waals surface area contributed by atoms with E-state index in [1.807, 2.05) is 43.3 Å². The number of carbonyl (C=O) groups is 1. The van der Waals surface area contributed by atoms with Crippen molar-refractivity contribution in [2.75, 3.05) is 24.3 Å². The van der Waals surface area contributed by atoms with E-state index in [1.165, 1.54) is 0 Å². The summed E-state index contributed by atoms with van der Waals surface area (Å²) < 4.78 is 1.73. The van der Waals surface area contributed by atoms with Gasteiger partial charge in [0.25, 0.3) is 0 Å². The molecule has 1 amide bonds. The zero-order valence-corrected chi connectivity index (χ0v) is 10.5. The molecule has 1 aromatic carbocycles. The van der Waals surface area contributed by atoms with Crippen molar-refractivity contribution in [3.05, 3.63) is 43.0 Å². The van der Waals surface area contributed by atoms with Gasteiger partial charge in [-0.15, -0.1) is 0 Å². The van der Waals surface area contributed by atoms with Crippen molar-refractivity contribution >= 4 is 17.3 Å². The Balaban J connectivity index is 1.95. The van der Waals surface area contributed by atoms with Crippen molar-refractivity contribution in [3.8, 4) is 0 Å². The predicted molar refractivity (Wildman–Crippen MR) is 71.6 cm³/mol. The van der Waals surface area contributed by atoms with E-state index >= 15 is 0 Å². The van der Waals surface area contributed by atoms with Gasteiger partial charge in [0.2, 0.25) is 5.91 Å². The van der Waals surface area contributed by atoms with Crippen LogP contribution in [0.5, 0.6) is 0 Å². The molecule has 0 saturated heterocycles. The fourth-order valence-corrected chi connectivity index (χ4v) is 1.59. The van der Waals surface area contributed by atoms with Crippen molar-refractivity contribution in [3.63, 3.8) is 0 Å². The molecule has 2 aromatic rings. The molecular formula is C13H16N4O. The fraction of sp³-hybridized carbons (Fsp3) is 0.231. The summed E-state index contributed by atoms with van der Waals surface area (Å²) in [5, 5.41) is 2.84. The Bertz CT molecular complexity index is 502. The standard InChI is InChI=1S/C13H16N4O/c1-16(2)12-5-3-11(4-6-12)15-13(18)9-17-8-7-14-10-17/h3-8,10H,9H2,1-2H3,(H,15,18). The molecular weight excluding hydrogens is 228 g/mol. The van der Waals surface area contributed by atoms with Gasteiger partial charge in [0, 0.05) is 37.9 Å². The highest BCUT2D eigenvalue weighted by Crippen LogP contribution is 2.15. The van der Waals surface area contributed by atoms with Gasteiger partial charge in [-0.05, 0) is 24.3 Å². The smallest absolute Gasteiger partial charge is 0.244 e. The third-order valence-electron chi connectivity index (χ3n) is 2.55. The number of hydrogen-bond donors (Lipinski definition) is 1. The normalized spacial score (nSPS) is 10.1. The Morgan fingerprint density at radius 1 is 1.33 bits per heavy atom. The van der Waals surface area contributed by atoms with Crippen molar-refractivity contribution in [1.82, 2.24) is 9.55 Å². The number of anilines is 2. The number of rotatable bonds is 4. The molecule has 1 aromatic heterocycles. The van der Waals surface area contributed by atoms with Gasteiger partial charge in [-0.25, -0.2) is 4.98 Å². The average molecular weight is 244 g/mol. The minimum Gasteiger partial charge on any atom is -0.378 e. The first kappa shape index (κ1) is 12.2. The summed E-state index contributed by atoms with van der Waals surface area (Å²) in [5.74, 6) is -0.0643. The molecule has 1 heterocycles. The van der Waals surface area contributed by atoms with Crippen LogP contribution in [0.1, 0.15) is 0 Å². The molecule has 0 bridgehead atoms. The SMILES string of the molecule is CN(C)c1ccc(NC(=O)Cn2ccnc2)cc1. The lowest BCUT2D eigenvalue weighted by atomic mass is 10.2. The Morgan fingerprint density at radius 2 is 2.06 bits per heavy atom. The molecule has 0 unspecified atom stereocenters. The molecule has 5 heteroatoms. The molecule has 0 saturated carbocycles. The van der Waals surface area contributed by atoms with E-state index in [0.29, 0.717) is 0 Å². The van der Waals surface area contributed by atoms with E-state index in [9.17, 15) is 4.79 Å². The lowest BCUT2D eigenvalue weighted by Gasteiger charge is -2.13. The van der Waals surface area contributed by atoms with E-state index in [4.69, 9.17) is 0 Å². The number of aromatic nitrogens is 2.